The molecule has 19 heavy (non-hydrogen) atoms. The van der Waals surface area contributed by atoms with Gasteiger partial charge >= 0.3 is 0 Å². The van der Waals surface area contributed by atoms with Crippen LogP contribution in [0.1, 0.15) is 31.7 Å². The summed E-state index contributed by atoms with van der Waals surface area (Å²) in [6.07, 6.45) is 3.84. The minimum Gasteiger partial charge on any atom is -0.389 e. The molecule has 0 heterocycles. The molecule has 1 aliphatic carbocycles. The van der Waals surface area contributed by atoms with Crippen LogP contribution in [0, 0.1) is 0 Å². The van der Waals surface area contributed by atoms with Gasteiger partial charge in [-0.05, 0) is 59.1 Å². The Morgan fingerprint density at radius 2 is 2.32 bits per heavy atom. The average molecular weight is 359 g/mol. The highest BCUT2D eigenvalue weighted by atomic mass is 79.9. The van der Waals surface area contributed by atoms with Crippen molar-refractivity contribution >= 4 is 50.6 Å². The van der Waals surface area contributed by atoms with E-state index in [2.05, 4.69) is 52.1 Å². The summed E-state index contributed by atoms with van der Waals surface area (Å²) < 4.78 is 0.961. The van der Waals surface area contributed by atoms with Crippen LogP contribution in [0.5, 0.6) is 0 Å². The van der Waals surface area contributed by atoms with E-state index >= 15 is 0 Å². The number of halogens is 1. The van der Waals surface area contributed by atoms with Crippen molar-refractivity contribution in [2.24, 2.45) is 5.73 Å². The molecule has 1 saturated carbocycles. The number of benzene rings is 1. The molecule has 0 amide bonds. The van der Waals surface area contributed by atoms with Crippen LogP contribution in [0.4, 0.5) is 5.69 Å². The SMILES string of the molecule is CCSC1CCC(Nc2ccc(C(N)=S)c(Br)c2)C1. The highest BCUT2D eigenvalue weighted by molar-refractivity contribution is 9.10. The minimum atomic E-state index is 0.429. The first kappa shape index (κ1) is 15.1. The van der Waals surface area contributed by atoms with E-state index in [1.54, 1.807) is 0 Å². The predicted octanol–water partition coefficient (Wildman–Crippen LogP) is 4.17. The zero-order valence-electron chi connectivity index (χ0n) is 11.0. The van der Waals surface area contributed by atoms with Crippen LogP contribution in [0.2, 0.25) is 0 Å². The van der Waals surface area contributed by atoms with Gasteiger partial charge in [-0.3, -0.25) is 0 Å². The smallest absolute Gasteiger partial charge is 0.105 e. The molecule has 104 valence electrons. The second kappa shape index (κ2) is 6.95. The molecule has 1 fully saturated rings. The predicted molar refractivity (Wildman–Crippen MR) is 93.2 cm³/mol. The van der Waals surface area contributed by atoms with Crippen LogP contribution in [-0.2, 0) is 0 Å². The Balaban J connectivity index is 1.97. The quantitative estimate of drug-likeness (QED) is 0.774. The first-order valence-electron chi connectivity index (χ1n) is 6.57. The maximum Gasteiger partial charge on any atom is 0.105 e. The van der Waals surface area contributed by atoms with E-state index in [0.29, 0.717) is 11.0 Å². The largest absolute Gasteiger partial charge is 0.389 e. The summed E-state index contributed by atoms with van der Waals surface area (Å²) in [4.78, 5) is 0.429. The Morgan fingerprint density at radius 1 is 1.53 bits per heavy atom. The van der Waals surface area contributed by atoms with E-state index in [1.807, 2.05) is 6.07 Å². The van der Waals surface area contributed by atoms with Gasteiger partial charge < -0.3 is 11.1 Å². The summed E-state index contributed by atoms with van der Waals surface area (Å²) in [5.74, 6) is 1.21. The lowest BCUT2D eigenvalue weighted by molar-refractivity contribution is 0.757. The molecule has 1 aliphatic rings. The summed E-state index contributed by atoms with van der Waals surface area (Å²) in [7, 11) is 0. The lowest BCUT2D eigenvalue weighted by Crippen LogP contribution is -2.16. The Morgan fingerprint density at radius 3 is 2.95 bits per heavy atom. The zero-order valence-corrected chi connectivity index (χ0v) is 14.2. The van der Waals surface area contributed by atoms with Crippen molar-refractivity contribution in [3.63, 3.8) is 0 Å². The first-order chi connectivity index (χ1) is 9.10. The van der Waals surface area contributed by atoms with Crippen LogP contribution < -0.4 is 11.1 Å². The maximum atomic E-state index is 5.66. The second-order valence-electron chi connectivity index (χ2n) is 4.79. The van der Waals surface area contributed by atoms with Crippen molar-refractivity contribution in [1.82, 2.24) is 0 Å². The van der Waals surface area contributed by atoms with Crippen molar-refractivity contribution in [2.45, 2.75) is 37.5 Å². The molecule has 0 saturated heterocycles. The second-order valence-corrected chi connectivity index (χ2v) is 7.66. The van der Waals surface area contributed by atoms with Crippen molar-refractivity contribution in [3.8, 4) is 0 Å². The van der Waals surface area contributed by atoms with Gasteiger partial charge in [-0.25, -0.2) is 0 Å². The van der Waals surface area contributed by atoms with Crippen LogP contribution in [0.3, 0.4) is 0 Å². The summed E-state index contributed by atoms with van der Waals surface area (Å²) >= 11 is 10.6. The molecule has 1 aromatic rings. The van der Waals surface area contributed by atoms with Crippen LogP contribution in [0.15, 0.2) is 22.7 Å². The summed E-state index contributed by atoms with van der Waals surface area (Å²) in [5, 5.41) is 4.43. The lowest BCUT2D eigenvalue weighted by Gasteiger charge is -2.15. The molecule has 1 aromatic carbocycles. The van der Waals surface area contributed by atoms with E-state index in [4.69, 9.17) is 18.0 Å². The van der Waals surface area contributed by atoms with Crippen LogP contribution >= 0.6 is 39.9 Å². The lowest BCUT2D eigenvalue weighted by atomic mass is 10.2. The van der Waals surface area contributed by atoms with Gasteiger partial charge in [0.25, 0.3) is 0 Å². The van der Waals surface area contributed by atoms with Crippen LogP contribution in [-0.4, -0.2) is 22.0 Å². The molecule has 2 atom stereocenters. The number of thioether (sulfide) groups is 1. The highest BCUT2D eigenvalue weighted by Crippen LogP contribution is 2.32. The Kier molecular flexibility index (Phi) is 5.54. The molecule has 2 unspecified atom stereocenters. The molecule has 2 rings (SSSR count). The van der Waals surface area contributed by atoms with Gasteiger partial charge in [0, 0.05) is 27.0 Å². The van der Waals surface area contributed by atoms with Crippen molar-refractivity contribution < 1.29 is 0 Å². The van der Waals surface area contributed by atoms with Gasteiger partial charge in [-0.15, -0.1) is 0 Å². The van der Waals surface area contributed by atoms with Crippen molar-refractivity contribution in [3.05, 3.63) is 28.2 Å². The normalized spacial score (nSPS) is 22.4. The third-order valence-electron chi connectivity index (χ3n) is 3.39. The standard InChI is InChI=1S/C14H19BrN2S2/c1-2-19-11-5-3-9(7-11)17-10-4-6-12(14(16)18)13(15)8-10/h4,6,8-9,11,17H,2-3,5,7H2,1H3,(H2,16,18). The number of anilines is 1. The fourth-order valence-corrected chi connectivity index (χ4v) is 4.54. The van der Waals surface area contributed by atoms with Gasteiger partial charge in [0.05, 0.1) is 0 Å². The Hall–Kier alpha value is -0.260. The van der Waals surface area contributed by atoms with Crippen molar-refractivity contribution in [1.29, 1.82) is 0 Å². The fraction of sp³-hybridized carbons (Fsp3) is 0.500. The maximum absolute atomic E-state index is 5.66. The number of hydrogen-bond acceptors (Lipinski definition) is 3. The summed E-state index contributed by atoms with van der Waals surface area (Å²) in [6, 6.07) is 6.68. The topological polar surface area (TPSA) is 38.0 Å². The van der Waals surface area contributed by atoms with E-state index in [0.717, 1.165) is 21.0 Å². The number of nitrogens with one attached hydrogen (secondary N) is 1. The molecule has 2 nitrogen and oxygen atoms in total. The molecular weight excluding hydrogens is 340 g/mol. The van der Waals surface area contributed by atoms with Crippen LogP contribution in [0.25, 0.3) is 0 Å². The molecule has 3 N–H and O–H groups in total. The molecule has 5 heteroatoms. The third kappa shape index (κ3) is 4.10. The number of hydrogen-bond donors (Lipinski definition) is 2. The van der Waals surface area contributed by atoms with E-state index in [-0.39, 0.29) is 0 Å². The molecule has 0 aromatic heterocycles. The minimum absolute atomic E-state index is 0.429. The number of rotatable bonds is 5. The first-order valence-corrected chi connectivity index (χ1v) is 8.82. The average Bonchev–Trinajstić information content (AvgIpc) is 2.76. The molecular formula is C14H19BrN2S2. The van der Waals surface area contributed by atoms with Gasteiger partial charge in [-0.1, -0.05) is 19.1 Å². The van der Waals surface area contributed by atoms with Crippen molar-refractivity contribution in [2.75, 3.05) is 11.1 Å². The highest BCUT2D eigenvalue weighted by Gasteiger charge is 2.24. The van der Waals surface area contributed by atoms with E-state index in [1.165, 1.54) is 25.0 Å². The molecule has 0 bridgehead atoms. The van der Waals surface area contributed by atoms with Gasteiger partial charge in [-0.2, -0.15) is 11.8 Å². The van der Waals surface area contributed by atoms with Gasteiger partial charge in [0.2, 0.25) is 0 Å². The van der Waals surface area contributed by atoms with Gasteiger partial charge in [0.1, 0.15) is 4.99 Å². The summed E-state index contributed by atoms with van der Waals surface area (Å²) in [5.41, 5.74) is 7.69. The molecule has 0 radical (unpaired) electrons. The Labute approximate surface area is 133 Å². The monoisotopic (exact) mass is 358 g/mol. The van der Waals surface area contributed by atoms with Gasteiger partial charge in [0.15, 0.2) is 0 Å². The zero-order chi connectivity index (χ0) is 13.8. The summed E-state index contributed by atoms with van der Waals surface area (Å²) in [6.45, 7) is 2.23. The Bertz CT molecular complexity index is 465. The fourth-order valence-electron chi connectivity index (χ4n) is 2.50. The third-order valence-corrected chi connectivity index (χ3v) is 5.50. The number of thiocarbonyl (C=S) groups is 1. The number of nitrogens with two attached hydrogens (primary N) is 1. The molecule has 0 spiro atoms. The van der Waals surface area contributed by atoms with E-state index < -0.39 is 0 Å². The van der Waals surface area contributed by atoms with E-state index in [9.17, 15) is 0 Å². The molecule has 0 aliphatic heterocycles.